The Labute approximate surface area is 341 Å². The van der Waals surface area contributed by atoms with Crippen LogP contribution in [-0.2, 0) is 0 Å². The molecule has 2 aromatic heterocycles. The Morgan fingerprint density at radius 3 is 1.51 bits per heavy atom. The molecule has 12 rings (SSSR count). The second-order valence-corrected chi connectivity index (χ2v) is 15.4. The maximum atomic E-state index is 2.43. The molecule has 0 bridgehead atoms. The van der Waals surface area contributed by atoms with Crippen LogP contribution in [0.15, 0.2) is 224 Å². The van der Waals surface area contributed by atoms with E-state index in [-0.39, 0.29) is 0 Å². The number of anilines is 3. The van der Waals surface area contributed by atoms with Gasteiger partial charge < -0.3 is 14.0 Å². The molecule has 0 unspecified atom stereocenters. The van der Waals surface area contributed by atoms with Crippen LogP contribution in [0.5, 0.6) is 0 Å². The molecule has 0 aliphatic rings. The van der Waals surface area contributed by atoms with E-state index in [1.807, 2.05) is 0 Å². The Morgan fingerprint density at radius 2 is 0.814 bits per heavy atom. The average Bonchev–Trinajstić information content (AvgIpc) is 3.82. The molecule has 0 aliphatic carbocycles. The van der Waals surface area contributed by atoms with Crippen LogP contribution in [0.3, 0.4) is 0 Å². The Balaban J connectivity index is 1.09. The monoisotopic (exact) mass is 751 g/mol. The molecule has 3 heteroatoms. The Hall–Kier alpha value is -7.88. The minimum absolute atomic E-state index is 1.09. The van der Waals surface area contributed by atoms with E-state index in [0.29, 0.717) is 0 Å². The van der Waals surface area contributed by atoms with E-state index in [1.54, 1.807) is 0 Å². The zero-order valence-corrected chi connectivity index (χ0v) is 32.2. The van der Waals surface area contributed by atoms with E-state index in [9.17, 15) is 0 Å². The van der Waals surface area contributed by atoms with Crippen LogP contribution in [0.4, 0.5) is 17.1 Å². The number of aromatic nitrogens is 2. The third kappa shape index (κ3) is 5.29. The minimum atomic E-state index is 1.09. The van der Waals surface area contributed by atoms with E-state index in [0.717, 1.165) is 28.4 Å². The van der Waals surface area contributed by atoms with Crippen molar-refractivity contribution in [2.45, 2.75) is 0 Å². The first-order valence-electron chi connectivity index (χ1n) is 20.3. The molecule has 0 atom stereocenters. The van der Waals surface area contributed by atoms with Gasteiger partial charge in [0.15, 0.2) is 0 Å². The molecule has 0 N–H and O–H groups in total. The van der Waals surface area contributed by atoms with E-state index < -0.39 is 0 Å². The van der Waals surface area contributed by atoms with Crippen molar-refractivity contribution in [2.75, 3.05) is 4.90 Å². The third-order valence-electron chi connectivity index (χ3n) is 12.1. The summed E-state index contributed by atoms with van der Waals surface area (Å²) in [5.41, 5.74) is 12.8. The number of para-hydroxylation sites is 4. The maximum absolute atomic E-state index is 2.43. The smallest absolute Gasteiger partial charge is 0.0547 e. The largest absolute Gasteiger partial charge is 0.310 e. The second kappa shape index (κ2) is 13.4. The van der Waals surface area contributed by atoms with Gasteiger partial charge in [0.2, 0.25) is 0 Å². The van der Waals surface area contributed by atoms with Gasteiger partial charge >= 0.3 is 0 Å². The molecule has 59 heavy (non-hydrogen) atoms. The van der Waals surface area contributed by atoms with Crippen LogP contribution >= 0.6 is 0 Å². The van der Waals surface area contributed by atoms with E-state index in [2.05, 4.69) is 238 Å². The summed E-state index contributed by atoms with van der Waals surface area (Å²) in [6.07, 6.45) is 0. The van der Waals surface area contributed by atoms with Crippen LogP contribution in [0, 0.1) is 0 Å². The summed E-state index contributed by atoms with van der Waals surface area (Å²) in [4.78, 5) is 2.43. The van der Waals surface area contributed by atoms with E-state index >= 15 is 0 Å². The molecule has 0 saturated carbocycles. The van der Waals surface area contributed by atoms with Crippen LogP contribution in [0.25, 0.3) is 87.7 Å². The Morgan fingerprint density at radius 1 is 0.271 bits per heavy atom. The van der Waals surface area contributed by atoms with Gasteiger partial charge in [-0.25, -0.2) is 0 Å². The number of fused-ring (bicyclic) bond motifs is 9. The highest BCUT2D eigenvalue weighted by atomic mass is 15.1. The highest BCUT2D eigenvalue weighted by Crippen LogP contribution is 2.44. The van der Waals surface area contributed by atoms with E-state index in [1.165, 1.54) is 76.3 Å². The summed E-state index contributed by atoms with van der Waals surface area (Å²) in [5, 5.41) is 9.89. The number of benzene rings is 10. The number of rotatable bonds is 6. The quantitative estimate of drug-likeness (QED) is 0.154. The zero-order chi connectivity index (χ0) is 38.9. The fraction of sp³-hybridized carbons (Fsp3) is 0. The van der Waals surface area contributed by atoms with Crippen molar-refractivity contribution in [3.63, 3.8) is 0 Å². The maximum Gasteiger partial charge on any atom is 0.0547 e. The summed E-state index contributed by atoms with van der Waals surface area (Å²) >= 11 is 0. The topological polar surface area (TPSA) is 13.1 Å². The zero-order valence-electron chi connectivity index (χ0n) is 32.2. The van der Waals surface area contributed by atoms with Crippen molar-refractivity contribution >= 4 is 82.2 Å². The van der Waals surface area contributed by atoms with Gasteiger partial charge in [0.1, 0.15) is 0 Å². The predicted octanol–water partition coefficient (Wildman–Crippen LogP) is 15.3. The number of hydrogen-bond donors (Lipinski definition) is 0. The fourth-order valence-corrected chi connectivity index (χ4v) is 9.42. The van der Waals surface area contributed by atoms with Gasteiger partial charge in [-0.2, -0.15) is 0 Å². The first kappa shape index (κ1) is 33.3. The van der Waals surface area contributed by atoms with Crippen LogP contribution in [0.2, 0.25) is 0 Å². The standard InChI is InChI=1S/C56H37N3/c1-3-15-38(16-4-1)39-29-32-42(33-30-39)57(43-19-13-20-44(36-43)59-53-25-10-7-21-46(53)47-22-8-11-26-54(47)59)52-28-14-24-45-49(52)34-31-40-35-51-48-23-9-12-27-55(48)58(56(51)37-50(40)45)41-17-5-2-6-18-41/h1-37H. The molecular formula is C56H37N3. The van der Waals surface area contributed by atoms with Gasteiger partial charge in [-0.1, -0.05) is 146 Å². The average molecular weight is 752 g/mol. The van der Waals surface area contributed by atoms with Gasteiger partial charge in [0.05, 0.1) is 27.8 Å². The molecule has 0 saturated heterocycles. The normalized spacial score (nSPS) is 11.7. The first-order valence-corrected chi connectivity index (χ1v) is 20.3. The van der Waals surface area contributed by atoms with Gasteiger partial charge in [-0.3, -0.25) is 0 Å². The highest BCUT2D eigenvalue weighted by molar-refractivity contribution is 6.20. The summed E-state index contributed by atoms with van der Waals surface area (Å²) in [6, 6.07) is 81.8. The molecule has 0 fully saturated rings. The van der Waals surface area contributed by atoms with E-state index in [4.69, 9.17) is 0 Å². The summed E-state index contributed by atoms with van der Waals surface area (Å²) in [7, 11) is 0. The lowest BCUT2D eigenvalue weighted by Crippen LogP contribution is -2.11. The lowest BCUT2D eigenvalue weighted by atomic mass is 9.98. The molecular weight excluding hydrogens is 715 g/mol. The van der Waals surface area contributed by atoms with Crippen molar-refractivity contribution in [1.29, 1.82) is 0 Å². The molecule has 0 radical (unpaired) electrons. The number of hydrogen-bond acceptors (Lipinski definition) is 1. The molecule has 0 amide bonds. The molecule has 2 heterocycles. The molecule has 276 valence electrons. The van der Waals surface area contributed by atoms with Gasteiger partial charge in [0.25, 0.3) is 0 Å². The van der Waals surface area contributed by atoms with Crippen molar-refractivity contribution in [3.05, 3.63) is 224 Å². The summed E-state index contributed by atoms with van der Waals surface area (Å²) in [6.45, 7) is 0. The third-order valence-corrected chi connectivity index (χ3v) is 12.1. The van der Waals surface area contributed by atoms with Gasteiger partial charge in [0, 0.05) is 49.7 Å². The lowest BCUT2D eigenvalue weighted by molar-refractivity contribution is 1.17. The predicted molar refractivity (Wildman–Crippen MR) is 250 cm³/mol. The minimum Gasteiger partial charge on any atom is -0.310 e. The highest BCUT2D eigenvalue weighted by Gasteiger charge is 2.20. The summed E-state index contributed by atoms with van der Waals surface area (Å²) in [5.74, 6) is 0. The fourth-order valence-electron chi connectivity index (χ4n) is 9.42. The van der Waals surface area contributed by atoms with Gasteiger partial charge in [-0.15, -0.1) is 0 Å². The van der Waals surface area contributed by atoms with Crippen molar-refractivity contribution in [1.82, 2.24) is 9.13 Å². The molecule has 0 spiro atoms. The van der Waals surface area contributed by atoms with Gasteiger partial charge in [-0.05, 0) is 106 Å². The molecule has 0 aliphatic heterocycles. The van der Waals surface area contributed by atoms with Crippen LogP contribution in [0.1, 0.15) is 0 Å². The SMILES string of the molecule is c1ccc(-c2ccc(N(c3cccc(-n4c5ccccc5c5ccccc54)c3)c3cccc4c3ccc3cc5c6ccccc6n(-c6ccccc6)c5cc34)cc2)cc1. The van der Waals surface area contributed by atoms with Crippen LogP contribution < -0.4 is 4.90 Å². The summed E-state index contributed by atoms with van der Waals surface area (Å²) < 4.78 is 4.81. The molecule has 10 aromatic carbocycles. The first-order chi connectivity index (χ1) is 29.3. The lowest BCUT2D eigenvalue weighted by Gasteiger charge is -2.28. The van der Waals surface area contributed by atoms with Crippen molar-refractivity contribution in [3.8, 4) is 22.5 Å². The Bertz CT molecular complexity index is 3490. The second-order valence-electron chi connectivity index (χ2n) is 15.4. The number of nitrogens with zero attached hydrogens (tertiary/aromatic N) is 3. The van der Waals surface area contributed by atoms with Crippen molar-refractivity contribution < 1.29 is 0 Å². The van der Waals surface area contributed by atoms with Crippen molar-refractivity contribution in [2.24, 2.45) is 0 Å². The molecule has 12 aromatic rings. The molecule has 3 nitrogen and oxygen atoms in total. The Kier molecular flexibility index (Phi) is 7.54. The van der Waals surface area contributed by atoms with Crippen LogP contribution in [-0.4, -0.2) is 9.13 Å².